The number of amides is 2. The van der Waals surface area contributed by atoms with Crippen molar-refractivity contribution < 1.29 is 33.0 Å². The first-order valence-electron chi connectivity index (χ1n) is 13.9. The quantitative estimate of drug-likeness (QED) is 0.104. The lowest BCUT2D eigenvalue weighted by molar-refractivity contribution is -0.137. The second-order valence-corrected chi connectivity index (χ2v) is 11.4. The summed E-state index contributed by atoms with van der Waals surface area (Å²) in [6.07, 6.45) is -1.24. The summed E-state index contributed by atoms with van der Waals surface area (Å²) >= 11 is 10.2. The van der Waals surface area contributed by atoms with Crippen molar-refractivity contribution in [2.75, 3.05) is 29.9 Å². The summed E-state index contributed by atoms with van der Waals surface area (Å²) in [5.41, 5.74) is 3.45. The third-order valence-electron chi connectivity index (χ3n) is 7.13. The topological polar surface area (TPSA) is 114 Å². The van der Waals surface area contributed by atoms with Crippen LogP contribution in [0.25, 0.3) is 0 Å². The fourth-order valence-electron chi connectivity index (χ4n) is 4.79. The molecule has 1 fully saturated rings. The molecule has 0 aliphatic carbocycles. The summed E-state index contributed by atoms with van der Waals surface area (Å²) < 4.78 is 39.7. The number of hydrogen-bond donors (Lipinski definition) is 5. The Kier molecular flexibility index (Phi) is 11.3. The molecule has 2 unspecified atom stereocenters. The van der Waals surface area contributed by atoms with Gasteiger partial charge in [-0.2, -0.15) is 30.9 Å². The van der Waals surface area contributed by atoms with E-state index < -0.39 is 46.5 Å². The van der Waals surface area contributed by atoms with Gasteiger partial charge in [-0.25, -0.2) is 5.43 Å². The van der Waals surface area contributed by atoms with E-state index in [1.54, 1.807) is 36.4 Å². The third-order valence-corrected chi connectivity index (χ3v) is 7.97. The largest absolute Gasteiger partial charge is 0.417 e. The number of halogens is 4. The Morgan fingerprint density at radius 3 is 2.50 bits per heavy atom. The van der Waals surface area contributed by atoms with Crippen LogP contribution in [0.4, 0.5) is 24.5 Å². The number of anilines is 2. The number of carbonyl (C=O) groups excluding carboxylic acids is 2. The summed E-state index contributed by atoms with van der Waals surface area (Å²) in [6, 6.07) is 15.0. The molecular weight excluding hydrogens is 617 g/mol. The molecule has 0 saturated carbocycles. The van der Waals surface area contributed by atoms with Crippen LogP contribution < -0.4 is 15.6 Å². The first-order chi connectivity index (χ1) is 21.0. The third kappa shape index (κ3) is 8.75. The van der Waals surface area contributed by atoms with Gasteiger partial charge in [0.2, 0.25) is 0 Å². The fourth-order valence-corrected chi connectivity index (χ4v) is 5.42. The summed E-state index contributed by atoms with van der Waals surface area (Å²) in [7, 11) is 0. The molecule has 4 rings (SSSR count). The fraction of sp³-hybridized carbons (Fsp3) is 0.323. The number of hydrogen-bond acceptors (Lipinski definition) is 7. The van der Waals surface area contributed by atoms with Gasteiger partial charge >= 0.3 is 6.18 Å². The van der Waals surface area contributed by atoms with Crippen molar-refractivity contribution in [3.05, 3.63) is 93.5 Å². The number of aliphatic hydroxyl groups is 2. The van der Waals surface area contributed by atoms with Crippen molar-refractivity contribution in [1.29, 1.82) is 0 Å². The molecule has 1 heterocycles. The van der Waals surface area contributed by atoms with Crippen LogP contribution in [-0.2, 0) is 6.18 Å². The predicted octanol–water partition coefficient (Wildman–Crippen LogP) is 6.08. The van der Waals surface area contributed by atoms with Crippen LogP contribution in [0.3, 0.4) is 0 Å². The summed E-state index contributed by atoms with van der Waals surface area (Å²) in [6.45, 7) is 1.21. The molecule has 0 bridgehead atoms. The molecule has 0 radical (unpaired) electrons. The maximum Gasteiger partial charge on any atom is 0.417 e. The van der Waals surface area contributed by atoms with E-state index in [2.05, 4.69) is 33.4 Å². The number of nitrogens with one attached hydrogen (secondary N) is 2. The second kappa shape index (κ2) is 14.9. The standard InChI is InChI=1S/C31H32ClF3N4O4S/c32-26-9-7-19(13-25(26)31(33,34)35)17-36-38-30(43)24-15-22(39-11-2-1-3-12-39)8-10-27(24)37-29(42)21-6-4-5-20(14-21)28(44)16-23(41)18-40/h4-10,13-15,17,23,28,40-41,44H,1-3,11-12,16,18H2,(H,37,42)(H,38,43). The maximum atomic E-state index is 13.3. The van der Waals surface area contributed by atoms with Crippen LogP contribution in [0.5, 0.6) is 0 Å². The Labute approximate surface area is 263 Å². The van der Waals surface area contributed by atoms with E-state index in [1.807, 2.05) is 6.07 Å². The smallest absolute Gasteiger partial charge is 0.394 e. The molecule has 8 nitrogen and oxygen atoms in total. The maximum absolute atomic E-state index is 13.3. The first kappa shape index (κ1) is 33.3. The monoisotopic (exact) mass is 648 g/mol. The molecule has 2 atom stereocenters. The minimum absolute atomic E-state index is 0.0755. The molecule has 13 heteroatoms. The molecule has 1 saturated heterocycles. The van der Waals surface area contributed by atoms with Gasteiger partial charge in [0, 0.05) is 29.6 Å². The number of nitrogens with zero attached hydrogens (tertiary/aromatic N) is 2. The molecule has 2 amide bonds. The number of benzene rings is 3. The van der Waals surface area contributed by atoms with Crippen LogP contribution in [-0.4, -0.2) is 54.0 Å². The van der Waals surface area contributed by atoms with Crippen molar-refractivity contribution in [3.63, 3.8) is 0 Å². The molecule has 3 aromatic rings. The average Bonchev–Trinajstić information content (AvgIpc) is 3.01. The van der Waals surface area contributed by atoms with Crippen LogP contribution in [0.2, 0.25) is 5.02 Å². The van der Waals surface area contributed by atoms with Crippen LogP contribution in [0.1, 0.15) is 68.3 Å². The van der Waals surface area contributed by atoms with Crippen molar-refractivity contribution in [2.45, 2.75) is 43.2 Å². The van der Waals surface area contributed by atoms with E-state index in [0.29, 0.717) is 5.56 Å². The molecule has 0 aromatic heterocycles. The number of carbonyl (C=O) groups is 2. The number of thiol groups is 1. The van der Waals surface area contributed by atoms with Gasteiger partial charge in [0.15, 0.2) is 0 Å². The van der Waals surface area contributed by atoms with E-state index in [4.69, 9.17) is 16.7 Å². The zero-order valence-electron chi connectivity index (χ0n) is 23.5. The highest BCUT2D eigenvalue weighted by molar-refractivity contribution is 7.80. The Morgan fingerprint density at radius 2 is 1.80 bits per heavy atom. The number of rotatable bonds is 10. The Bertz CT molecular complexity index is 1520. The van der Waals surface area contributed by atoms with Crippen molar-refractivity contribution in [1.82, 2.24) is 5.43 Å². The molecule has 4 N–H and O–H groups in total. The highest BCUT2D eigenvalue weighted by atomic mass is 35.5. The van der Waals surface area contributed by atoms with Crippen LogP contribution >= 0.6 is 24.2 Å². The van der Waals surface area contributed by atoms with Crippen molar-refractivity contribution in [2.24, 2.45) is 5.10 Å². The molecule has 1 aliphatic rings. The molecule has 44 heavy (non-hydrogen) atoms. The predicted molar refractivity (Wildman–Crippen MR) is 168 cm³/mol. The minimum Gasteiger partial charge on any atom is -0.394 e. The molecule has 234 valence electrons. The Balaban J connectivity index is 1.57. The van der Waals surface area contributed by atoms with Gasteiger partial charge < -0.3 is 20.4 Å². The summed E-state index contributed by atoms with van der Waals surface area (Å²) in [5, 5.41) is 24.6. The van der Waals surface area contributed by atoms with Gasteiger partial charge in [0.05, 0.1) is 40.8 Å². The highest BCUT2D eigenvalue weighted by Gasteiger charge is 2.33. The van der Waals surface area contributed by atoms with E-state index in [1.165, 1.54) is 6.07 Å². The molecule has 1 aliphatic heterocycles. The van der Waals surface area contributed by atoms with Gasteiger partial charge in [0.1, 0.15) is 0 Å². The van der Waals surface area contributed by atoms with Crippen LogP contribution in [0.15, 0.2) is 65.8 Å². The molecule has 0 spiro atoms. The number of aliphatic hydroxyl groups excluding tert-OH is 2. The van der Waals surface area contributed by atoms with E-state index in [0.717, 1.165) is 56.4 Å². The van der Waals surface area contributed by atoms with Gasteiger partial charge in [-0.3, -0.25) is 9.59 Å². The van der Waals surface area contributed by atoms with Crippen LogP contribution in [0, 0.1) is 0 Å². The van der Waals surface area contributed by atoms with E-state index >= 15 is 0 Å². The average molecular weight is 649 g/mol. The Morgan fingerprint density at radius 1 is 1.05 bits per heavy atom. The van der Waals surface area contributed by atoms with Gasteiger partial charge in [0.25, 0.3) is 11.8 Å². The summed E-state index contributed by atoms with van der Waals surface area (Å²) in [5.74, 6) is -1.18. The van der Waals surface area contributed by atoms with Gasteiger partial charge in [-0.05, 0) is 79.3 Å². The number of piperidine rings is 1. The highest BCUT2D eigenvalue weighted by Crippen LogP contribution is 2.35. The SMILES string of the molecule is O=C(Nc1ccc(N2CCCCC2)cc1C(=O)NN=Cc1ccc(Cl)c(C(F)(F)F)c1)c1cccc(C(S)CC(O)CO)c1. The molecule has 3 aromatic carbocycles. The first-order valence-corrected chi connectivity index (χ1v) is 14.8. The van der Waals surface area contributed by atoms with Gasteiger partial charge in [-0.15, -0.1) is 0 Å². The Hall–Kier alpha value is -3.58. The lowest BCUT2D eigenvalue weighted by Gasteiger charge is -2.29. The minimum atomic E-state index is -4.65. The van der Waals surface area contributed by atoms with Crippen molar-refractivity contribution >= 4 is 53.6 Å². The summed E-state index contributed by atoms with van der Waals surface area (Å²) in [4.78, 5) is 28.7. The number of hydrazone groups is 1. The zero-order chi connectivity index (χ0) is 31.9. The van der Waals surface area contributed by atoms with Crippen molar-refractivity contribution in [3.8, 4) is 0 Å². The lowest BCUT2D eigenvalue weighted by Crippen LogP contribution is -2.30. The lowest BCUT2D eigenvalue weighted by atomic mass is 10.0. The number of alkyl halides is 3. The van der Waals surface area contributed by atoms with E-state index in [9.17, 15) is 27.9 Å². The second-order valence-electron chi connectivity index (χ2n) is 10.4. The van der Waals surface area contributed by atoms with E-state index in [-0.39, 0.29) is 28.8 Å². The zero-order valence-corrected chi connectivity index (χ0v) is 25.2. The van der Waals surface area contributed by atoms with Gasteiger partial charge in [-0.1, -0.05) is 29.8 Å². The molecular formula is C31H32ClF3N4O4S. The normalized spacial score (nSPS) is 15.2.